The number of hydrogen-bond donors (Lipinski definition) is 1. The molecule has 1 aliphatic rings. The van der Waals surface area contributed by atoms with Crippen LogP contribution in [-0.2, 0) is 10.3 Å². The van der Waals surface area contributed by atoms with Crippen molar-refractivity contribution in [2.75, 3.05) is 13.2 Å². The minimum atomic E-state index is -0.362. The van der Waals surface area contributed by atoms with E-state index in [1.165, 1.54) is 0 Å². The number of aromatic nitrogens is 2. The minimum Gasteiger partial charge on any atom is -0.367 e. The third-order valence-electron chi connectivity index (χ3n) is 4.73. The molecule has 0 aliphatic heterocycles. The molecular formula is C16H29N3O2. The van der Waals surface area contributed by atoms with Gasteiger partial charge < -0.3 is 15.0 Å². The topological polar surface area (TPSA) is 74.2 Å². The summed E-state index contributed by atoms with van der Waals surface area (Å²) in [6.07, 6.45) is 4.23. The highest BCUT2D eigenvalue weighted by Crippen LogP contribution is 2.41. The normalized spacial score (nSPS) is 28.0. The molecule has 0 aromatic carbocycles. The average Bonchev–Trinajstić information content (AvgIpc) is 2.92. The average molecular weight is 295 g/mol. The lowest BCUT2D eigenvalue weighted by Crippen LogP contribution is -2.35. The van der Waals surface area contributed by atoms with Gasteiger partial charge in [-0.3, -0.25) is 0 Å². The molecule has 120 valence electrons. The van der Waals surface area contributed by atoms with Crippen LogP contribution in [0.2, 0.25) is 0 Å². The van der Waals surface area contributed by atoms with Crippen molar-refractivity contribution in [1.82, 2.24) is 10.1 Å². The van der Waals surface area contributed by atoms with Gasteiger partial charge in [0.1, 0.15) is 5.60 Å². The fourth-order valence-electron chi connectivity index (χ4n) is 3.17. The number of nitrogens with zero attached hydrogens (tertiary/aromatic N) is 2. The first-order valence-corrected chi connectivity index (χ1v) is 8.20. The molecule has 1 unspecified atom stereocenters. The van der Waals surface area contributed by atoms with E-state index in [1.54, 1.807) is 0 Å². The van der Waals surface area contributed by atoms with Gasteiger partial charge >= 0.3 is 0 Å². The van der Waals surface area contributed by atoms with Crippen molar-refractivity contribution in [3.63, 3.8) is 0 Å². The predicted octanol–water partition coefficient (Wildman–Crippen LogP) is 3.21. The molecule has 5 nitrogen and oxygen atoms in total. The van der Waals surface area contributed by atoms with Crippen molar-refractivity contribution in [2.45, 2.75) is 64.9 Å². The Kier molecular flexibility index (Phi) is 5.38. The van der Waals surface area contributed by atoms with Crippen molar-refractivity contribution in [1.29, 1.82) is 0 Å². The number of nitrogens with two attached hydrogens (primary N) is 1. The van der Waals surface area contributed by atoms with Gasteiger partial charge in [0.2, 0.25) is 11.7 Å². The fourth-order valence-corrected chi connectivity index (χ4v) is 3.17. The van der Waals surface area contributed by atoms with Crippen LogP contribution < -0.4 is 5.73 Å². The van der Waals surface area contributed by atoms with Gasteiger partial charge in [-0.05, 0) is 44.4 Å². The summed E-state index contributed by atoms with van der Waals surface area (Å²) in [4.78, 5) is 4.66. The third-order valence-corrected chi connectivity index (χ3v) is 4.73. The molecule has 21 heavy (non-hydrogen) atoms. The molecule has 1 heterocycles. The fraction of sp³-hybridized carbons (Fsp3) is 0.875. The summed E-state index contributed by atoms with van der Waals surface area (Å²) in [5.74, 6) is 2.62. The van der Waals surface area contributed by atoms with Crippen molar-refractivity contribution >= 4 is 0 Å². The summed E-state index contributed by atoms with van der Waals surface area (Å²) in [6, 6.07) is 0. The summed E-state index contributed by atoms with van der Waals surface area (Å²) in [6.45, 7) is 9.77. The van der Waals surface area contributed by atoms with E-state index in [1.807, 2.05) is 6.92 Å². The zero-order valence-corrected chi connectivity index (χ0v) is 13.8. The second-order valence-electron chi connectivity index (χ2n) is 6.65. The highest BCUT2D eigenvalue weighted by Gasteiger charge is 2.41. The van der Waals surface area contributed by atoms with E-state index >= 15 is 0 Å². The van der Waals surface area contributed by atoms with Gasteiger partial charge in [0.05, 0.1) is 5.92 Å². The monoisotopic (exact) mass is 295 g/mol. The molecule has 0 bridgehead atoms. The Hall–Kier alpha value is -0.940. The Labute approximate surface area is 127 Å². The summed E-state index contributed by atoms with van der Waals surface area (Å²) in [5, 5.41) is 4.24. The van der Waals surface area contributed by atoms with Gasteiger partial charge in [-0.2, -0.15) is 4.98 Å². The Morgan fingerprint density at radius 3 is 2.57 bits per heavy atom. The molecular weight excluding hydrogens is 266 g/mol. The van der Waals surface area contributed by atoms with Crippen LogP contribution >= 0.6 is 0 Å². The van der Waals surface area contributed by atoms with E-state index in [4.69, 9.17) is 15.0 Å². The van der Waals surface area contributed by atoms with Gasteiger partial charge in [0.25, 0.3) is 0 Å². The first-order chi connectivity index (χ1) is 10.0. The lowest BCUT2D eigenvalue weighted by Gasteiger charge is -2.36. The van der Waals surface area contributed by atoms with Crippen LogP contribution in [0.4, 0.5) is 0 Å². The quantitative estimate of drug-likeness (QED) is 0.872. The molecule has 1 saturated carbocycles. The second-order valence-corrected chi connectivity index (χ2v) is 6.65. The molecule has 0 amide bonds. The zero-order chi connectivity index (χ0) is 15.5. The van der Waals surface area contributed by atoms with Crippen LogP contribution in [0.5, 0.6) is 0 Å². The van der Waals surface area contributed by atoms with E-state index in [0.717, 1.165) is 31.6 Å². The van der Waals surface area contributed by atoms with Crippen molar-refractivity contribution in [2.24, 2.45) is 17.6 Å². The molecule has 1 aromatic heterocycles. The van der Waals surface area contributed by atoms with E-state index in [-0.39, 0.29) is 11.5 Å². The van der Waals surface area contributed by atoms with Crippen LogP contribution in [0, 0.1) is 11.8 Å². The molecule has 1 fully saturated rings. The molecule has 0 spiro atoms. The van der Waals surface area contributed by atoms with E-state index < -0.39 is 0 Å². The van der Waals surface area contributed by atoms with Gasteiger partial charge in [0.15, 0.2) is 0 Å². The summed E-state index contributed by atoms with van der Waals surface area (Å²) in [7, 11) is 0. The zero-order valence-electron chi connectivity index (χ0n) is 13.8. The Balaban J connectivity index is 2.24. The maximum absolute atomic E-state index is 6.08. The van der Waals surface area contributed by atoms with Gasteiger partial charge in [-0.25, -0.2) is 0 Å². The maximum atomic E-state index is 6.08. The number of rotatable bonds is 6. The molecule has 1 atom stereocenters. The van der Waals surface area contributed by atoms with Crippen molar-refractivity contribution in [3.05, 3.63) is 11.7 Å². The van der Waals surface area contributed by atoms with Gasteiger partial charge in [-0.15, -0.1) is 0 Å². The molecule has 5 heteroatoms. The molecule has 2 N–H and O–H groups in total. The number of hydrogen-bond acceptors (Lipinski definition) is 5. The van der Waals surface area contributed by atoms with E-state index in [9.17, 15) is 0 Å². The maximum Gasteiger partial charge on any atom is 0.231 e. The minimum absolute atomic E-state index is 0.118. The summed E-state index contributed by atoms with van der Waals surface area (Å²) < 4.78 is 11.6. The van der Waals surface area contributed by atoms with Crippen LogP contribution in [0.25, 0.3) is 0 Å². The highest BCUT2D eigenvalue weighted by atomic mass is 16.5. The second kappa shape index (κ2) is 6.88. The molecule has 1 aliphatic carbocycles. The van der Waals surface area contributed by atoms with Crippen LogP contribution in [0.15, 0.2) is 4.52 Å². The van der Waals surface area contributed by atoms with E-state index in [0.29, 0.717) is 30.8 Å². The number of ether oxygens (including phenoxy) is 1. The largest absolute Gasteiger partial charge is 0.367 e. The highest BCUT2D eigenvalue weighted by molar-refractivity contribution is 5.06. The Morgan fingerprint density at radius 1 is 1.38 bits per heavy atom. The lowest BCUT2D eigenvalue weighted by molar-refractivity contribution is -0.0847. The summed E-state index contributed by atoms with van der Waals surface area (Å²) in [5.41, 5.74) is 5.48. The molecule has 1 aromatic rings. The first-order valence-electron chi connectivity index (χ1n) is 8.20. The molecule has 0 saturated heterocycles. The summed E-state index contributed by atoms with van der Waals surface area (Å²) >= 11 is 0. The lowest BCUT2D eigenvalue weighted by atomic mass is 9.79. The van der Waals surface area contributed by atoms with Crippen molar-refractivity contribution < 1.29 is 9.26 Å². The predicted molar refractivity (Wildman–Crippen MR) is 81.9 cm³/mol. The van der Waals surface area contributed by atoms with Crippen LogP contribution in [-0.4, -0.2) is 23.3 Å². The smallest absolute Gasteiger partial charge is 0.231 e. The van der Waals surface area contributed by atoms with E-state index in [2.05, 4.69) is 30.9 Å². The van der Waals surface area contributed by atoms with Crippen LogP contribution in [0.3, 0.4) is 0 Å². The van der Waals surface area contributed by atoms with Crippen LogP contribution in [0.1, 0.15) is 71.0 Å². The molecule has 0 radical (unpaired) electrons. The third kappa shape index (κ3) is 3.46. The molecule has 2 rings (SSSR count). The Morgan fingerprint density at radius 2 is 2.05 bits per heavy atom. The standard InChI is InChI=1S/C16H29N3O2/c1-5-20-16(8-6-12(4)7-9-16)15-18-14(21-19-15)13(10-17)11(2)3/h11-13H,5-10,17H2,1-4H3. The SMILES string of the molecule is CCOC1(c2noc(C(CN)C(C)C)n2)CCC(C)CC1. The van der Waals surface area contributed by atoms with Gasteiger partial charge in [-0.1, -0.05) is 25.9 Å². The Bertz CT molecular complexity index is 436. The van der Waals surface area contributed by atoms with Crippen molar-refractivity contribution in [3.8, 4) is 0 Å². The van der Waals surface area contributed by atoms with Gasteiger partial charge in [0, 0.05) is 13.2 Å². The first kappa shape index (κ1) is 16.4.